The fourth-order valence-electron chi connectivity index (χ4n) is 5.21. The van der Waals surface area contributed by atoms with Crippen LogP contribution in [0.3, 0.4) is 0 Å². The Labute approximate surface area is 208 Å². The first-order chi connectivity index (χ1) is 17.8. The van der Waals surface area contributed by atoms with Crippen LogP contribution in [0, 0.1) is 12.3 Å². The monoisotopic (exact) mass is 459 g/mol. The third kappa shape index (κ3) is 3.06. The van der Waals surface area contributed by atoms with E-state index in [9.17, 15) is 0 Å². The first-order valence-electron chi connectivity index (χ1n) is 12.0. The molecule has 0 bridgehead atoms. The molecule has 0 aliphatic rings. The second-order valence-electron chi connectivity index (χ2n) is 8.90. The Hall–Kier alpha value is -5.07. The Balaban J connectivity index is 1.44. The number of rotatable bonds is 3. The first kappa shape index (κ1) is 20.3. The normalized spacial score (nSPS) is 11.3. The molecule has 168 valence electrons. The lowest BCUT2D eigenvalue weighted by molar-refractivity contribution is 1.18. The predicted molar refractivity (Wildman–Crippen MR) is 149 cm³/mol. The molecule has 0 fully saturated rings. The lowest BCUT2D eigenvalue weighted by atomic mass is 9.99. The number of terminal acetylenes is 1. The van der Waals surface area contributed by atoms with Gasteiger partial charge in [0.1, 0.15) is 5.82 Å². The molecule has 5 aromatic carbocycles. The van der Waals surface area contributed by atoms with E-state index >= 15 is 0 Å². The fraction of sp³-hybridized carbons (Fsp3) is 0. The number of nitrogens with one attached hydrogen (secondary N) is 1. The molecule has 2 heterocycles. The van der Waals surface area contributed by atoms with Crippen molar-refractivity contribution in [2.24, 2.45) is 0 Å². The van der Waals surface area contributed by atoms with E-state index in [0.717, 1.165) is 44.8 Å². The van der Waals surface area contributed by atoms with Crippen molar-refractivity contribution in [2.45, 2.75) is 0 Å². The van der Waals surface area contributed by atoms with Crippen molar-refractivity contribution >= 4 is 32.8 Å². The van der Waals surface area contributed by atoms with Crippen LogP contribution in [-0.2, 0) is 0 Å². The number of benzene rings is 5. The van der Waals surface area contributed by atoms with Crippen LogP contribution in [0.4, 0.5) is 0 Å². The molecule has 7 aromatic rings. The van der Waals surface area contributed by atoms with Crippen molar-refractivity contribution in [1.82, 2.24) is 14.5 Å². The van der Waals surface area contributed by atoms with E-state index in [4.69, 9.17) is 11.4 Å². The number of para-hydroxylation sites is 3. The Bertz CT molecular complexity index is 1950. The number of fused-ring (bicyclic) bond motifs is 4. The molecule has 7 rings (SSSR count). The van der Waals surface area contributed by atoms with Crippen LogP contribution in [-0.4, -0.2) is 14.5 Å². The maximum Gasteiger partial charge on any atom is 0.138 e. The summed E-state index contributed by atoms with van der Waals surface area (Å²) < 4.78 is 2.32. The zero-order valence-electron chi connectivity index (χ0n) is 19.4. The largest absolute Gasteiger partial charge is 0.338 e. The van der Waals surface area contributed by atoms with Gasteiger partial charge in [-0.2, -0.15) is 0 Å². The predicted octanol–water partition coefficient (Wildman–Crippen LogP) is 7.98. The molecule has 0 saturated carbocycles. The summed E-state index contributed by atoms with van der Waals surface area (Å²) in [4.78, 5) is 8.60. The number of aromatic amines is 1. The van der Waals surface area contributed by atoms with Gasteiger partial charge in [-0.1, -0.05) is 72.7 Å². The number of hydrogen-bond donors (Lipinski definition) is 1. The minimum atomic E-state index is 0.842. The van der Waals surface area contributed by atoms with Crippen molar-refractivity contribution in [3.05, 3.63) is 121 Å². The molecular weight excluding hydrogens is 438 g/mol. The average Bonchev–Trinajstić information content (AvgIpc) is 3.53. The minimum absolute atomic E-state index is 0.842. The van der Waals surface area contributed by atoms with Crippen molar-refractivity contribution in [3.8, 4) is 40.5 Å². The summed E-state index contributed by atoms with van der Waals surface area (Å²) in [6.07, 6.45) is 5.79. The van der Waals surface area contributed by atoms with Crippen LogP contribution >= 0.6 is 0 Å². The third-order valence-electron chi connectivity index (χ3n) is 6.85. The molecule has 0 spiro atoms. The second kappa shape index (κ2) is 8.01. The molecule has 1 N–H and O–H groups in total. The van der Waals surface area contributed by atoms with Gasteiger partial charge in [0, 0.05) is 33.2 Å². The van der Waals surface area contributed by atoms with Gasteiger partial charge in [0.2, 0.25) is 0 Å². The van der Waals surface area contributed by atoms with Gasteiger partial charge in [-0.25, -0.2) is 4.98 Å². The molecule has 3 nitrogen and oxygen atoms in total. The van der Waals surface area contributed by atoms with Crippen LogP contribution in [0.25, 0.3) is 61.0 Å². The molecule has 0 aliphatic carbocycles. The van der Waals surface area contributed by atoms with Crippen LogP contribution in [0.5, 0.6) is 0 Å². The van der Waals surface area contributed by atoms with Crippen molar-refractivity contribution in [2.75, 3.05) is 0 Å². The van der Waals surface area contributed by atoms with Crippen LogP contribution < -0.4 is 0 Å². The third-order valence-corrected chi connectivity index (χ3v) is 6.85. The maximum atomic E-state index is 5.79. The summed E-state index contributed by atoms with van der Waals surface area (Å²) in [7, 11) is 0. The number of imidazole rings is 1. The number of hydrogen-bond acceptors (Lipinski definition) is 1. The highest BCUT2D eigenvalue weighted by Gasteiger charge is 2.16. The minimum Gasteiger partial charge on any atom is -0.338 e. The van der Waals surface area contributed by atoms with E-state index in [0.29, 0.717) is 0 Å². The Morgan fingerprint density at radius 1 is 0.667 bits per heavy atom. The molecule has 3 heteroatoms. The van der Waals surface area contributed by atoms with Gasteiger partial charge in [-0.05, 0) is 54.1 Å². The molecular formula is C33H21N3. The van der Waals surface area contributed by atoms with Crippen molar-refractivity contribution in [3.63, 3.8) is 0 Å². The number of H-pyrrole nitrogens is 1. The van der Waals surface area contributed by atoms with E-state index < -0.39 is 0 Å². The molecule has 0 unspecified atom stereocenters. The van der Waals surface area contributed by atoms with Crippen LogP contribution in [0.15, 0.2) is 115 Å². The Kier molecular flexibility index (Phi) is 4.52. The Morgan fingerprint density at radius 2 is 1.42 bits per heavy atom. The van der Waals surface area contributed by atoms with Crippen molar-refractivity contribution in [1.29, 1.82) is 0 Å². The molecule has 0 atom stereocenters. The van der Waals surface area contributed by atoms with Gasteiger partial charge in [0.25, 0.3) is 0 Å². The second-order valence-corrected chi connectivity index (χ2v) is 8.90. The maximum absolute atomic E-state index is 5.79. The molecule has 36 heavy (non-hydrogen) atoms. The lowest BCUT2D eigenvalue weighted by Gasteiger charge is -2.07. The van der Waals surface area contributed by atoms with Gasteiger partial charge in [-0.3, -0.25) is 0 Å². The van der Waals surface area contributed by atoms with Crippen LogP contribution in [0.1, 0.15) is 5.56 Å². The summed E-state index contributed by atoms with van der Waals surface area (Å²) in [6.45, 7) is 0. The fourth-order valence-corrected chi connectivity index (χ4v) is 5.21. The number of aromatic nitrogens is 3. The standard InChI is InChI=1S/C33H21N3/c1-2-22-11-6-7-14-25(22)27-16-10-17-29-32(27)35-33(34-29)23-19-20-31-28(21-23)26-15-8-9-18-30(26)36(31)24-12-4-3-5-13-24/h1,3-21H,(H,34,35). The quantitative estimate of drug-likeness (QED) is 0.267. The summed E-state index contributed by atoms with van der Waals surface area (Å²) in [6, 6.07) is 39.8. The summed E-state index contributed by atoms with van der Waals surface area (Å²) in [5.41, 5.74) is 9.38. The molecule has 0 aliphatic heterocycles. The molecule has 0 amide bonds. The van der Waals surface area contributed by atoms with Crippen molar-refractivity contribution < 1.29 is 0 Å². The average molecular weight is 460 g/mol. The topological polar surface area (TPSA) is 33.6 Å². The highest BCUT2D eigenvalue weighted by Crippen LogP contribution is 2.36. The zero-order chi connectivity index (χ0) is 24.1. The Morgan fingerprint density at radius 3 is 2.31 bits per heavy atom. The van der Waals surface area contributed by atoms with E-state index in [1.165, 1.54) is 21.8 Å². The summed E-state index contributed by atoms with van der Waals surface area (Å²) >= 11 is 0. The summed E-state index contributed by atoms with van der Waals surface area (Å²) in [5, 5.41) is 2.42. The van der Waals surface area contributed by atoms with Gasteiger partial charge < -0.3 is 9.55 Å². The van der Waals surface area contributed by atoms with E-state index in [1.807, 2.05) is 30.3 Å². The van der Waals surface area contributed by atoms with Gasteiger partial charge in [0.15, 0.2) is 0 Å². The summed E-state index contributed by atoms with van der Waals surface area (Å²) in [5.74, 6) is 3.65. The van der Waals surface area contributed by atoms with E-state index in [-0.39, 0.29) is 0 Å². The highest BCUT2D eigenvalue weighted by atomic mass is 15.0. The smallest absolute Gasteiger partial charge is 0.138 e. The SMILES string of the molecule is C#Cc1ccccc1-c1cccc2[nH]c(-c3ccc4c(c3)c3ccccc3n4-c3ccccc3)nc12. The van der Waals surface area contributed by atoms with Crippen LogP contribution in [0.2, 0.25) is 0 Å². The molecule has 0 radical (unpaired) electrons. The highest BCUT2D eigenvalue weighted by molar-refractivity contribution is 6.10. The number of nitrogens with zero attached hydrogens (tertiary/aromatic N) is 2. The molecule has 0 saturated heterocycles. The zero-order valence-corrected chi connectivity index (χ0v) is 19.4. The van der Waals surface area contributed by atoms with E-state index in [2.05, 4.69) is 100 Å². The van der Waals surface area contributed by atoms with Gasteiger partial charge >= 0.3 is 0 Å². The van der Waals surface area contributed by atoms with Gasteiger partial charge in [-0.15, -0.1) is 6.42 Å². The first-order valence-corrected chi connectivity index (χ1v) is 12.0. The lowest BCUT2D eigenvalue weighted by Crippen LogP contribution is -1.92. The van der Waals surface area contributed by atoms with E-state index in [1.54, 1.807) is 0 Å². The van der Waals surface area contributed by atoms with Gasteiger partial charge in [0.05, 0.1) is 22.1 Å². The molecule has 2 aromatic heterocycles.